The van der Waals surface area contributed by atoms with Crippen LogP contribution in [0.1, 0.15) is 38.7 Å². The van der Waals surface area contributed by atoms with E-state index in [-0.39, 0.29) is 12.1 Å². The monoisotopic (exact) mass is 276 g/mol. The zero-order valence-corrected chi connectivity index (χ0v) is 13.0. The summed E-state index contributed by atoms with van der Waals surface area (Å²) >= 11 is 0. The SMILES string of the molecule is CCNC1(CO)CCC(N(CC)c2ccccc2C)C1. The summed E-state index contributed by atoms with van der Waals surface area (Å²) in [4.78, 5) is 2.50. The van der Waals surface area contributed by atoms with E-state index in [0.717, 1.165) is 32.4 Å². The minimum absolute atomic E-state index is 0.0739. The van der Waals surface area contributed by atoms with Gasteiger partial charge in [0.2, 0.25) is 0 Å². The first kappa shape index (κ1) is 15.3. The lowest BCUT2D eigenvalue weighted by atomic mass is 9.98. The first-order valence-corrected chi connectivity index (χ1v) is 7.84. The average Bonchev–Trinajstić information content (AvgIpc) is 2.87. The molecule has 2 atom stereocenters. The molecule has 0 amide bonds. The third-order valence-electron chi connectivity index (χ3n) is 4.64. The number of nitrogens with one attached hydrogen (secondary N) is 1. The lowest BCUT2D eigenvalue weighted by Crippen LogP contribution is -2.48. The van der Waals surface area contributed by atoms with Crippen LogP contribution < -0.4 is 10.2 Å². The molecular weight excluding hydrogens is 248 g/mol. The van der Waals surface area contributed by atoms with Gasteiger partial charge in [-0.25, -0.2) is 0 Å². The Morgan fingerprint density at radius 3 is 2.70 bits per heavy atom. The molecule has 0 heterocycles. The molecule has 0 spiro atoms. The van der Waals surface area contributed by atoms with Crippen molar-refractivity contribution in [3.05, 3.63) is 29.8 Å². The maximum absolute atomic E-state index is 9.76. The van der Waals surface area contributed by atoms with Gasteiger partial charge in [-0.2, -0.15) is 0 Å². The number of para-hydroxylation sites is 1. The topological polar surface area (TPSA) is 35.5 Å². The fourth-order valence-electron chi connectivity index (χ4n) is 3.61. The van der Waals surface area contributed by atoms with Gasteiger partial charge in [-0.15, -0.1) is 0 Å². The van der Waals surface area contributed by atoms with Crippen LogP contribution in [0.2, 0.25) is 0 Å². The summed E-state index contributed by atoms with van der Waals surface area (Å²) in [5.41, 5.74) is 2.60. The average molecular weight is 276 g/mol. The molecule has 2 N–H and O–H groups in total. The summed E-state index contributed by atoms with van der Waals surface area (Å²) in [6.45, 7) is 8.69. The van der Waals surface area contributed by atoms with Gasteiger partial charge in [0.25, 0.3) is 0 Å². The fourth-order valence-corrected chi connectivity index (χ4v) is 3.61. The van der Waals surface area contributed by atoms with Gasteiger partial charge in [0.15, 0.2) is 0 Å². The summed E-state index contributed by atoms with van der Waals surface area (Å²) in [6, 6.07) is 9.12. The largest absolute Gasteiger partial charge is 0.394 e. The number of aryl methyl sites for hydroxylation is 1. The number of rotatable bonds is 6. The minimum Gasteiger partial charge on any atom is -0.394 e. The highest BCUT2D eigenvalue weighted by molar-refractivity contribution is 5.54. The number of nitrogens with zero attached hydrogens (tertiary/aromatic N) is 1. The van der Waals surface area contributed by atoms with Gasteiger partial charge in [0.05, 0.1) is 6.61 Å². The summed E-state index contributed by atoms with van der Waals surface area (Å²) in [5, 5.41) is 13.3. The van der Waals surface area contributed by atoms with Crippen LogP contribution in [0.25, 0.3) is 0 Å². The van der Waals surface area contributed by atoms with Gasteiger partial charge in [-0.05, 0) is 51.3 Å². The summed E-state index contributed by atoms with van der Waals surface area (Å²) in [5.74, 6) is 0. The van der Waals surface area contributed by atoms with E-state index in [9.17, 15) is 5.11 Å². The summed E-state index contributed by atoms with van der Waals surface area (Å²) < 4.78 is 0. The Morgan fingerprint density at radius 1 is 1.35 bits per heavy atom. The lowest BCUT2D eigenvalue weighted by Gasteiger charge is -2.34. The smallest absolute Gasteiger partial charge is 0.0614 e. The van der Waals surface area contributed by atoms with E-state index in [1.807, 2.05) is 0 Å². The van der Waals surface area contributed by atoms with Crippen molar-refractivity contribution in [2.75, 3.05) is 24.6 Å². The van der Waals surface area contributed by atoms with Crippen LogP contribution in [-0.4, -0.2) is 36.4 Å². The fraction of sp³-hybridized carbons (Fsp3) is 0.647. The molecule has 0 radical (unpaired) electrons. The highest BCUT2D eigenvalue weighted by Gasteiger charge is 2.40. The summed E-state index contributed by atoms with van der Waals surface area (Å²) in [7, 11) is 0. The molecule has 1 aliphatic rings. The minimum atomic E-state index is -0.0739. The molecule has 3 nitrogen and oxygen atoms in total. The first-order chi connectivity index (χ1) is 9.65. The van der Waals surface area contributed by atoms with Crippen LogP contribution >= 0.6 is 0 Å². The Labute approximate surface area is 123 Å². The zero-order chi connectivity index (χ0) is 14.6. The maximum Gasteiger partial charge on any atom is 0.0614 e. The number of hydrogen-bond donors (Lipinski definition) is 2. The van der Waals surface area contributed by atoms with E-state index < -0.39 is 0 Å². The van der Waals surface area contributed by atoms with Gasteiger partial charge in [-0.1, -0.05) is 25.1 Å². The molecule has 3 heteroatoms. The third-order valence-corrected chi connectivity index (χ3v) is 4.64. The van der Waals surface area contributed by atoms with Gasteiger partial charge in [0.1, 0.15) is 0 Å². The van der Waals surface area contributed by atoms with Gasteiger partial charge >= 0.3 is 0 Å². The number of likely N-dealkylation sites (N-methyl/N-ethyl adjacent to an activating group) is 1. The molecule has 1 fully saturated rings. The van der Waals surface area contributed by atoms with Crippen LogP contribution in [0.3, 0.4) is 0 Å². The van der Waals surface area contributed by atoms with Crippen molar-refractivity contribution < 1.29 is 5.11 Å². The van der Waals surface area contributed by atoms with Crippen molar-refractivity contribution in [2.45, 2.75) is 51.6 Å². The molecule has 0 aliphatic heterocycles. The molecule has 2 unspecified atom stereocenters. The predicted octanol–water partition coefficient (Wildman–Crippen LogP) is 2.71. The second kappa shape index (κ2) is 6.59. The number of hydrogen-bond acceptors (Lipinski definition) is 3. The normalized spacial score (nSPS) is 25.9. The Balaban J connectivity index is 2.16. The molecule has 20 heavy (non-hydrogen) atoms. The van der Waals surface area contributed by atoms with E-state index in [1.54, 1.807) is 0 Å². The van der Waals surface area contributed by atoms with E-state index in [1.165, 1.54) is 11.3 Å². The predicted molar refractivity (Wildman–Crippen MR) is 85.3 cm³/mol. The molecular formula is C17H28N2O. The van der Waals surface area contributed by atoms with Gasteiger partial charge in [0, 0.05) is 23.8 Å². The molecule has 0 bridgehead atoms. The van der Waals surface area contributed by atoms with Crippen molar-refractivity contribution >= 4 is 5.69 Å². The molecule has 2 rings (SSSR count). The van der Waals surface area contributed by atoms with E-state index >= 15 is 0 Å². The Bertz CT molecular complexity index is 435. The molecule has 1 aromatic rings. The van der Waals surface area contributed by atoms with Gasteiger partial charge < -0.3 is 15.3 Å². The van der Waals surface area contributed by atoms with Crippen molar-refractivity contribution in [1.82, 2.24) is 5.32 Å². The Kier molecular flexibility index (Phi) is 5.06. The number of anilines is 1. The zero-order valence-electron chi connectivity index (χ0n) is 13.0. The quantitative estimate of drug-likeness (QED) is 0.838. The first-order valence-electron chi connectivity index (χ1n) is 7.84. The standard InChI is InChI=1S/C17H28N2O/c1-4-18-17(13-20)11-10-15(12-17)19(5-2)16-9-7-6-8-14(16)3/h6-9,15,18,20H,4-5,10-13H2,1-3H3. The van der Waals surface area contributed by atoms with Crippen molar-refractivity contribution in [3.8, 4) is 0 Å². The third kappa shape index (κ3) is 2.99. The maximum atomic E-state index is 9.76. The van der Waals surface area contributed by atoms with E-state index in [0.29, 0.717) is 6.04 Å². The Hall–Kier alpha value is -1.06. The van der Waals surface area contributed by atoms with Crippen molar-refractivity contribution in [2.24, 2.45) is 0 Å². The number of aliphatic hydroxyl groups is 1. The van der Waals surface area contributed by atoms with Crippen LogP contribution in [-0.2, 0) is 0 Å². The van der Waals surface area contributed by atoms with Crippen LogP contribution in [0.5, 0.6) is 0 Å². The lowest BCUT2D eigenvalue weighted by molar-refractivity contribution is 0.165. The van der Waals surface area contributed by atoms with Crippen LogP contribution in [0, 0.1) is 6.92 Å². The molecule has 1 aliphatic carbocycles. The number of benzene rings is 1. The summed E-state index contributed by atoms with van der Waals surface area (Å²) in [6.07, 6.45) is 3.24. The molecule has 1 aromatic carbocycles. The van der Waals surface area contributed by atoms with Gasteiger partial charge in [-0.3, -0.25) is 0 Å². The molecule has 0 aromatic heterocycles. The number of aliphatic hydroxyl groups excluding tert-OH is 1. The highest BCUT2D eigenvalue weighted by atomic mass is 16.3. The molecule has 112 valence electrons. The molecule has 1 saturated carbocycles. The second-order valence-corrected chi connectivity index (χ2v) is 5.94. The van der Waals surface area contributed by atoms with Crippen molar-refractivity contribution in [3.63, 3.8) is 0 Å². The van der Waals surface area contributed by atoms with Crippen LogP contribution in [0.4, 0.5) is 5.69 Å². The van der Waals surface area contributed by atoms with Crippen LogP contribution in [0.15, 0.2) is 24.3 Å². The van der Waals surface area contributed by atoms with Crippen molar-refractivity contribution in [1.29, 1.82) is 0 Å². The second-order valence-electron chi connectivity index (χ2n) is 5.94. The molecule has 0 saturated heterocycles. The van der Waals surface area contributed by atoms with E-state index in [2.05, 4.69) is 55.3 Å². The Morgan fingerprint density at radius 2 is 2.10 bits per heavy atom. The highest BCUT2D eigenvalue weighted by Crippen LogP contribution is 2.35. The van der Waals surface area contributed by atoms with E-state index in [4.69, 9.17) is 0 Å².